The lowest BCUT2D eigenvalue weighted by Gasteiger charge is -2.15. The largest absolute Gasteiger partial charge is 0.294 e. The normalized spacial score (nSPS) is 16.3. The number of allylic oxidation sites excluding steroid dienone is 5. The summed E-state index contributed by atoms with van der Waals surface area (Å²) in [6.07, 6.45) is 7.14. The fraction of sp³-hybridized carbons (Fsp3) is 0.167. The first-order valence-corrected chi connectivity index (χ1v) is 11.3. The van der Waals surface area contributed by atoms with Crippen LogP contribution in [0.5, 0.6) is 0 Å². The van der Waals surface area contributed by atoms with E-state index >= 15 is 0 Å². The van der Waals surface area contributed by atoms with Crippen LogP contribution < -0.4 is 0 Å². The molecule has 0 radical (unpaired) electrons. The molecule has 0 unspecified atom stereocenters. The van der Waals surface area contributed by atoms with E-state index < -0.39 is 9.84 Å². The van der Waals surface area contributed by atoms with E-state index in [1.54, 1.807) is 30.3 Å². The number of halogens is 1. The van der Waals surface area contributed by atoms with Gasteiger partial charge in [0.15, 0.2) is 15.6 Å². The second kappa shape index (κ2) is 8.71. The number of hydrogen-bond acceptors (Lipinski definition) is 4. The van der Waals surface area contributed by atoms with Crippen LogP contribution in [0.3, 0.4) is 0 Å². The number of carbonyl (C=O) groups excluding carboxylic acids is 1. The molecule has 2 aromatic rings. The Bertz CT molecular complexity index is 1200. The number of nitrogens with zero attached hydrogens (tertiary/aromatic N) is 1. The van der Waals surface area contributed by atoms with Gasteiger partial charge < -0.3 is 0 Å². The summed E-state index contributed by atoms with van der Waals surface area (Å²) in [6, 6.07) is 12.5. The molecule has 1 aliphatic carbocycles. The molecular formula is C24H22FNO3S. The van der Waals surface area contributed by atoms with E-state index in [0.717, 1.165) is 17.4 Å². The Morgan fingerprint density at radius 1 is 0.967 bits per heavy atom. The van der Waals surface area contributed by atoms with Crippen molar-refractivity contribution < 1.29 is 17.6 Å². The highest BCUT2D eigenvalue weighted by atomic mass is 32.2. The Morgan fingerprint density at radius 2 is 1.57 bits per heavy atom. The standard InChI is InChI=1S/C24H22FNO3S/c1-16(18-8-12-20(25)13-9-18)24(19-10-14-21(15-11-19)30(3,28)29)26-23-7-5-4-6-22(23)17(2)27/h4-6,8-15H,7H2,1-3H3/b24-16+,26-23?. The van der Waals surface area contributed by atoms with Crippen molar-refractivity contribution in [3.05, 3.63) is 89.3 Å². The first kappa shape index (κ1) is 21.6. The SMILES string of the molecule is CC(=O)C1=CC=CCC1=N/C(=C(\C)c1ccc(F)cc1)c1ccc(S(C)(=O)=O)cc1. The molecular weight excluding hydrogens is 401 g/mol. The van der Waals surface area contributed by atoms with Crippen molar-refractivity contribution in [2.24, 2.45) is 4.99 Å². The summed E-state index contributed by atoms with van der Waals surface area (Å²) in [5, 5.41) is 0. The molecule has 0 saturated heterocycles. The van der Waals surface area contributed by atoms with Crippen LogP contribution in [-0.2, 0) is 14.6 Å². The predicted molar refractivity (Wildman–Crippen MR) is 118 cm³/mol. The van der Waals surface area contributed by atoms with E-state index in [1.165, 1.54) is 31.2 Å². The Labute approximate surface area is 176 Å². The van der Waals surface area contributed by atoms with E-state index in [2.05, 4.69) is 0 Å². The number of aliphatic imine (C=N–C) groups is 1. The molecule has 1 aliphatic rings. The Hall–Kier alpha value is -3.12. The highest BCUT2D eigenvalue weighted by molar-refractivity contribution is 7.90. The maximum atomic E-state index is 13.4. The second-order valence-electron chi connectivity index (χ2n) is 7.10. The van der Waals surface area contributed by atoms with Gasteiger partial charge in [-0.3, -0.25) is 9.79 Å². The lowest BCUT2D eigenvalue weighted by molar-refractivity contribution is -0.113. The number of hydrogen-bond donors (Lipinski definition) is 0. The highest BCUT2D eigenvalue weighted by Gasteiger charge is 2.17. The first-order valence-electron chi connectivity index (χ1n) is 9.40. The molecule has 3 rings (SSSR count). The zero-order chi connectivity index (χ0) is 21.9. The quantitative estimate of drug-likeness (QED) is 0.634. The minimum atomic E-state index is -3.33. The fourth-order valence-corrected chi connectivity index (χ4v) is 3.80. The molecule has 0 atom stereocenters. The summed E-state index contributed by atoms with van der Waals surface area (Å²) in [5.74, 6) is -0.416. The molecule has 2 aromatic carbocycles. The van der Waals surface area contributed by atoms with Crippen molar-refractivity contribution in [3.8, 4) is 0 Å². The number of rotatable bonds is 5. The summed E-state index contributed by atoms with van der Waals surface area (Å²) >= 11 is 0. The van der Waals surface area contributed by atoms with Crippen molar-refractivity contribution in [3.63, 3.8) is 0 Å². The zero-order valence-electron chi connectivity index (χ0n) is 17.0. The van der Waals surface area contributed by atoms with Crippen molar-refractivity contribution in [1.82, 2.24) is 0 Å². The predicted octanol–water partition coefficient (Wildman–Crippen LogP) is 5.03. The van der Waals surface area contributed by atoms with Crippen LogP contribution >= 0.6 is 0 Å². The summed E-state index contributed by atoms with van der Waals surface area (Å²) < 4.78 is 37.0. The first-order chi connectivity index (χ1) is 14.2. The number of Topliss-reactive ketones (excluding diaryl/α,β-unsaturated/α-hetero) is 1. The van der Waals surface area contributed by atoms with E-state index in [1.807, 2.05) is 19.1 Å². The third kappa shape index (κ3) is 4.89. The summed E-state index contributed by atoms with van der Waals surface area (Å²) in [7, 11) is -3.33. The second-order valence-corrected chi connectivity index (χ2v) is 9.12. The van der Waals surface area contributed by atoms with Gasteiger partial charge in [-0.25, -0.2) is 12.8 Å². The molecule has 0 aromatic heterocycles. The number of ketones is 1. The van der Waals surface area contributed by atoms with Gasteiger partial charge in [0.25, 0.3) is 0 Å². The molecule has 154 valence electrons. The van der Waals surface area contributed by atoms with Gasteiger partial charge in [-0.1, -0.05) is 36.4 Å². The monoisotopic (exact) mass is 423 g/mol. The summed E-state index contributed by atoms with van der Waals surface area (Å²) in [5.41, 5.74) is 4.03. The average Bonchev–Trinajstić information content (AvgIpc) is 2.72. The smallest absolute Gasteiger partial charge is 0.175 e. The molecule has 4 nitrogen and oxygen atoms in total. The van der Waals surface area contributed by atoms with Crippen LogP contribution in [0.1, 0.15) is 31.4 Å². The third-order valence-electron chi connectivity index (χ3n) is 4.84. The lowest BCUT2D eigenvalue weighted by atomic mass is 9.97. The van der Waals surface area contributed by atoms with E-state index in [9.17, 15) is 17.6 Å². The lowest BCUT2D eigenvalue weighted by Crippen LogP contribution is -2.12. The van der Waals surface area contributed by atoms with Crippen molar-refractivity contribution >= 4 is 32.6 Å². The number of sulfone groups is 1. The third-order valence-corrected chi connectivity index (χ3v) is 5.96. The van der Waals surface area contributed by atoms with Crippen LogP contribution in [-0.4, -0.2) is 26.2 Å². The highest BCUT2D eigenvalue weighted by Crippen LogP contribution is 2.30. The minimum Gasteiger partial charge on any atom is -0.294 e. The zero-order valence-corrected chi connectivity index (χ0v) is 17.8. The van der Waals surface area contributed by atoms with E-state index in [-0.39, 0.29) is 16.5 Å². The fourth-order valence-electron chi connectivity index (χ4n) is 3.17. The van der Waals surface area contributed by atoms with Gasteiger partial charge in [-0.15, -0.1) is 0 Å². The van der Waals surface area contributed by atoms with Gasteiger partial charge in [0.2, 0.25) is 0 Å². The molecule has 6 heteroatoms. The molecule has 0 fully saturated rings. The molecule has 0 heterocycles. The number of benzene rings is 2. The van der Waals surface area contributed by atoms with Crippen LogP contribution in [0, 0.1) is 5.82 Å². The van der Waals surface area contributed by atoms with Gasteiger partial charge >= 0.3 is 0 Å². The number of carbonyl (C=O) groups is 1. The molecule has 0 aliphatic heterocycles. The van der Waals surface area contributed by atoms with Gasteiger partial charge in [-0.05, 0) is 55.3 Å². The molecule has 0 N–H and O–H groups in total. The van der Waals surface area contributed by atoms with Crippen LogP contribution in [0.25, 0.3) is 11.3 Å². The van der Waals surface area contributed by atoms with Gasteiger partial charge in [0, 0.05) is 23.8 Å². The van der Waals surface area contributed by atoms with Crippen molar-refractivity contribution in [2.75, 3.05) is 6.26 Å². The van der Waals surface area contributed by atoms with Crippen LogP contribution in [0.15, 0.2) is 82.2 Å². The maximum Gasteiger partial charge on any atom is 0.175 e. The topological polar surface area (TPSA) is 63.6 Å². The minimum absolute atomic E-state index is 0.0793. The Kier molecular flexibility index (Phi) is 6.27. The summed E-state index contributed by atoms with van der Waals surface area (Å²) in [4.78, 5) is 17.1. The van der Waals surface area contributed by atoms with Gasteiger partial charge in [-0.2, -0.15) is 0 Å². The van der Waals surface area contributed by atoms with Gasteiger partial charge in [0.05, 0.1) is 16.3 Å². The molecule has 0 amide bonds. The van der Waals surface area contributed by atoms with Crippen LogP contribution in [0.2, 0.25) is 0 Å². The van der Waals surface area contributed by atoms with Crippen molar-refractivity contribution in [2.45, 2.75) is 25.2 Å². The van der Waals surface area contributed by atoms with Crippen LogP contribution in [0.4, 0.5) is 4.39 Å². The molecule has 0 spiro atoms. The van der Waals surface area contributed by atoms with Crippen molar-refractivity contribution in [1.29, 1.82) is 0 Å². The Balaban J connectivity index is 2.19. The summed E-state index contributed by atoms with van der Waals surface area (Å²) in [6.45, 7) is 3.37. The molecule has 0 bridgehead atoms. The average molecular weight is 424 g/mol. The van der Waals surface area contributed by atoms with Gasteiger partial charge in [0.1, 0.15) is 5.82 Å². The van der Waals surface area contributed by atoms with E-state index in [4.69, 9.17) is 4.99 Å². The van der Waals surface area contributed by atoms with E-state index in [0.29, 0.717) is 29.0 Å². The maximum absolute atomic E-state index is 13.4. The molecule has 30 heavy (non-hydrogen) atoms. The molecule has 0 saturated carbocycles. The Morgan fingerprint density at radius 3 is 2.13 bits per heavy atom.